The highest BCUT2D eigenvalue weighted by Gasteiger charge is 2.03. The van der Waals surface area contributed by atoms with Crippen LogP contribution in [-0.2, 0) is 4.74 Å². The van der Waals surface area contributed by atoms with E-state index < -0.39 is 0 Å². The second-order valence-corrected chi connectivity index (χ2v) is 2.83. The molecule has 0 aromatic rings. The minimum Gasteiger partial charge on any atom is -0.366 e. The number of halogens is 1. The Morgan fingerprint density at radius 1 is 1.36 bits per heavy atom. The number of alkyl halides is 1. The van der Waals surface area contributed by atoms with Crippen LogP contribution >= 0.6 is 11.6 Å². The lowest BCUT2D eigenvalue weighted by Gasteiger charge is -2.01. The number of hydrogen-bond donors (Lipinski definition) is 0. The van der Waals surface area contributed by atoms with Gasteiger partial charge in [0.15, 0.2) is 0 Å². The quantitative estimate of drug-likeness (QED) is 0.601. The third-order valence-electron chi connectivity index (χ3n) is 1.61. The lowest BCUT2D eigenvalue weighted by molar-refractivity contribution is 0.195. The van der Waals surface area contributed by atoms with Crippen LogP contribution in [0.4, 0.5) is 0 Å². The maximum Gasteiger partial charge on any atom is 0.120 e. The van der Waals surface area contributed by atoms with Crippen molar-refractivity contribution >= 4 is 11.6 Å². The van der Waals surface area contributed by atoms with E-state index in [1.54, 1.807) is 0 Å². The van der Waals surface area contributed by atoms with Crippen LogP contribution in [0.3, 0.4) is 0 Å². The molecular weight excluding hydrogens is 162 g/mol. The van der Waals surface area contributed by atoms with E-state index in [0.29, 0.717) is 12.7 Å². The van der Waals surface area contributed by atoms with Crippen LogP contribution in [0.15, 0.2) is 0 Å². The van der Waals surface area contributed by atoms with Crippen molar-refractivity contribution in [3.05, 3.63) is 0 Å². The number of hydrogen-bond acceptors (Lipinski definition) is 2. The fourth-order valence-corrected chi connectivity index (χ4v) is 1.11. The SMILES string of the molecule is CCOCCl.CN1CCCC1. The second-order valence-electron chi connectivity index (χ2n) is 2.61. The Labute approximate surface area is 74.5 Å². The number of ether oxygens (including phenoxy) is 1. The fraction of sp³-hybridized carbons (Fsp3) is 1.00. The molecule has 1 heterocycles. The van der Waals surface area contributed by atoms with Crippen molar-refractivity contribution in [3.63, 3.8) is 0 Å². The molecule has 0 atom stereocenters. The maximum atomic E-state index is 5.08. The summed E-state index contributed by atoms with van der Waals surface area (Å²) in [5.74, 6) is 0. The van der Waals surface area contributed by atoms with Gasteiger partial charge in [-0.3, -0.25) is 0 Å². The third kappa shape index (κ3) is 8.11. The van der Waals surface area contributed by atoms with Gasteiger partial charge in [-0.15, -0.1) is 0 Å². The van der Waals surface area contributed by atoms with Gasteiger partial charge >= 0.3 is 0 Å². The van der Waals surface area contributed by atoms with Crippen LogP contribution in [0.25, 0.3) is 0 Å². The molecule has 1 rings (SSSR count). The Kier molecular flexibility index (Phi) is 8.47. The van der Waals surface area contributed by atoms with Gasteiger partial charge in [-0.25, -0.2) is 0 Å². The summed E-state index contributed by atoms with van der Waals surface area (Å²) in [7, 11) is 2.17. The molecule has 68 valence electrons. The second kappa shape index (κ2) is 8.31. The molecule has 1 aliphatic heterocycles. The van der Waals surface area contributed by atoms with Crippen molar-refractivity contribution in [1.29, 1.82) is 0 Å². The van der Waals surface area contributed by atoms with E-state index >= 15 is 0 Å². The molecule has 0 bridgehead atoms. The van der Waals surface area contributed by atoms with E-state index in [2.05, 4.69) is 16.7 Å². The topological polar surface area (TPSA) is 12.5 Å². The first-order valence-electron chi connectivity index (χ1n) is 4.13. The van der Waals surface area contributed by atoms with Crippen molar-refractivity contribution in [2.45, 2.75) is 19.8 Å². The van der Waals surface area contributed by atoms with Gasteiger partial charge in [0.05, 0.1) is 0 Å². The molecule has 0 aromatic heterocycles. The van der Waals surface area contributed by atoms with Gasteiger partial charge in [-0.1, -0.05) is 11.6 Å². The summed E-state index contributed by atoms with van der Waals surface area (Å²) in [5.41, 5.74) is 0. The molecule has 1 aliphatic rings. The predicted octanol–water partition coefficient (Wildman–Crippen LogP) is 1.93. The lowest BCUT2D eigenvalue weighted by atomic mass is 10.4. The van der Waals surface area contributed by atoms with E-state index in [9.17, 15) is 0 Å². The van der Waals surface area contributed by atoms with E-state index in [0.717, 1.165) is 0 Å². The zero-order valence-corrected chi connectivity index (χ0v) is 8.23. The van der Waals surface area contributed by atoms with Crippen LogP contribution in [-0.4, -0.2) is 37.7 Å². The Morgan fingerprint density at radius 3 is 2.00 bits per heavy atom. The van der Waals surface area contributed by atoms with Gasteiger partial charge in [-0.05, 0) is 39.9 Å². The average molecular weight is 180 g/mol. The highest BCUT2D eigenvalue weighted by molar-refractivity contribution is 6.17. The summed E-state index contributed by atoms with van der Waals surface area (Å²) in [6.45, 7) is 5.26. The molecule has 3 heteroatoms. The molecule has 0 spiro atoms. The zero-order valence-electron chi connectivity index (χ0n) is 7.48. The highest BCUT2D eigenvalue weighted by Crippen LogP contribution is 2.02. The lowest BCUT2D eigenvalue weighted by Crippen LogP contribution is -2.10. The van der Waals surface area contributed by atoms with Crippen molar-refractivity contribution in [2.24, 2.45) is 0 Å². The highest BCUT2D eigenvalue weighted by atomic mass is 35.5. The number of nitrogens with zero attached hydrogens (tertiary/aromatic N) is 1. The van der Waals surface area contributed by atoms with Gasteiger partial charge < -0.3 is 9.64 Å². The molecule has 0 N–H and O–H groups in total. The molecule has 0 radical (unpaired) electrons. The van der Waals surface area contributed by atoms with Gasteiger partial charge in [0.2, 0.25) is 0 Å². The molecule has 1 saturated heterocycles. The molecule has 1 fully saturated rings. The van der Waals surface area contributed by atoms with Crippen molar-refractivity contribution < 1.29 is 4.74 Å². The summed E-state index contributed by atoms with van der Waals surface area (Å²) in [6.07, 6.45) is 2.83. The molecule has 2 nitrogen and oxygen atoms in total. The van der Waals surface area contributed by atoms with Crippen LogP contribution in [0.2, 0.25) is 0 Å². The predicted molar refractivity (Wildman–Crippen MR) is 49.1 cm³/mol. The van der Waals surface area contributed by atoms with Gasteiger partial charge in [0, 0.05) is 6.61 Å². The molecule has 11 heavy (non-hydrogen) atoms. The van der Waals surface area contributed by atoms with Gasteiger partial charge in [0.25, 0.3) is 0 Å². The first-order valence-corrected chi connectivity index (χ1v) is 4.67. The summed E-state index contributed by atoms with van der Waals surface area (Å²) in [5, 5.41) is 0. The standard InChI is InChI=1S/C5H11N.C3H7ClO/c1-6-4-2-3-5-6;1-2-5-3-4/h2-5H2,1H3;2-3H2,1H3. The number of rotatable bonds is 2. The summed E-state index contributed by atoms with van der Waals surface area (Å²) in [4.78, 5) is 2.36. The van der Waals surface area contributed by atoms with E-state index in [1.807, 2.05) is 6.92 Å². The van der Waals surface area contributed by atoms with Crippen LogP contribution in [0.5, 0.6) is 0 Å². The van der Waals surface area contributed by atoms with Crippen LogP contribution < -0.4 is 0 Å². The summed E-state index contributed by atoms with van der Waals surface area (Å²) in [6, 6.07) is 0.316. The van der Waals surface area contributed by atoms with Crippen LogP contribution in [0.1, 0.15) is 19.8 Å². The first kappa shape index (κ1) is 11.2. The van der Waals surface area contributed by atoms with Gasteiger partial charge in [0.1, 0.15) is 6.07 Å². The molecular formula is C8H18ClNO. The van der Waals surface area contributed by atoms with E-state index in [1.165, 1.54) is 25.9 Å². The maximum absolute atomic E-state index is 5.08. The smallest absolute Gasteiger partial charge is 0.120 e. The van der Waals surface area contributed by atoms with Gasteiger partial charge in [-0.2, -0.15) is 0 Å². The van der Waals surface area contributed by atoms with E-state index in [-0.39, 0.29) is 0 Å². The Morgan fingerprint density at radius 2 is 1.91 bits per heavy atom. The summed E-state index contributed by atoms with van der Waals surface area (Å²) < 4.78 is 4.60. The molecule has 0 aliphatic carbocycles. The average Bonchev–Trinajstić information content (AvgIpc) is 2.43. The molecule has 0 aromatic carbocycles. The normalized spacial score (nSPS) is 17.7. The first-order chi connectivity index (χ1) is 5.31. The molecule has 0 saturated carbocycles. The summed E-state index contributed by atoms with van der Waals surface area (Å²) >= 11 is 5.08. The monoisotopic (exact) mass is 179 g/mol. The fourth-order valence-electron chi connectivity index (χ4n) is 0.952. The van der Waals surface area contributed by atoms with Crippen molar-refractivity contribution in [3.8, 4) is 0 Å². The largest absolute Gasteiger partial charge is 0.366 e. The zero-order chi connectivity index (χ0) is 8.53. The van der Waals surface area contributed by atoms with Crippen LogP contribution in [0, 0.1) is 0 Å². The van der Waals surface area contributed by atoms with E-state index in [4.69, 9.17) is 11.6 Å². The minimum absolute atomic E-state index is 0.316. The Balaban J connectivity index is 0.000000187. The number of likely N-dealkylation sites (tertiary alicyclic amines) is 1. The Hall–Kier alpha value is 0.210. The van der Waals surface area contributed by atoms with Crippen molar-refractivity contribution in [2.75, 3.05) is 32.8 Å². The Bertz CT molecular complexity index is 72.5. The minimum atomic E-state index is 0.316. The van der Waals surface area contributed by atoms with Crippen molar-refractivity contribution in [1.82, 2.24) is 4.90 Å². The molecule has 0 unspecified atom stereocenters. The molecule has 0 amide bonds. The third-order valence-corrected chi connectivity index (χ3v) is 1.77.